The Hall–Kier alpha value is -2.49. The van der Waals surface area contributed by atoms with Crippen molar-refractivity contribution in [2.75, 3.05) is 12.3 Å². The van der Waals surface area contributed by atoms with Crippen LogP contribution in [0.5, 0.6) is 5.75 Å². The first-order valence-corrected chi connectivity index (χ1v) is 6.57. The summed E-state index contributed by atoms with van der Waals surface area (Å²) in [5, 5.41) is 0. The molecule has 3 rings (SSSR count). The van der Waals surface area contributed by atoms with E-state index in [9.17, 15) is 0 Å². The number of aryl methyl sites for hydroxylation is 1. The van der Waals surface area contributed by atoms with E-state index in [4.69, 9.17) is 14.9 Å². The number of anilines is 1. The molecular weight excluding hydrogens is 252 g/mol. The molecule has 0 saturated carbocycles. The predicted octanol–water partition coefficient (Wildman–Crippen LogP) is 3.78. The molecule has 0 unspecified atom stereocenters. The zero-order valence-corrected chi connectivity index (χ0v) is 11.5. The van der Waals surface area contributed by atoms with Crippen LogP contribution in [-0.4, -0.2) is 11.6 Å². The van der Waals surface area contributed by atoms with Gasteiger partial charge in [0.1, 0.15) is 11.3 Å². The van der Waals surface area contributed by atoms with Crippen LogP contribution in [0.4, 0.5) is 5.69 Å². The fraction of sp³-hybridized carbons (Fsp3) is 0.188. The van der Waals surface area contributed by atoms with Crippen molar-refractivity contribution in [1.82, 2.24) is 4.98 Å². The van der Waals surface area contributed by atoms with E-state index in [0.717, 1.165) is 28.0 Å². The van der Waals surface area contributed by atoms with Crippen LogP contribution in [0.3, 0.4) is 0 Å². The topological polar surface area (TPSA) is 61.3 Å². The number of rotatable bonds is 3. The van der Waals surface area contributed by atoms with Crippen molar-refractivity contribution in [1.29, 1.82) is 0 Å². The van der Waals surface area contributed by atoms with Crippen LogP contribution in [0.2, 0.25) is 0 Å². The van der Waals surface area contributed by atoms with Crippen molar-refractivity contribution in [3.63, 3.8) is 0 Å². The number of aromatic nitrogens is 1. The van der Waals surface area contributed by atoms with Gasteiger partial charge < -0.3 is 14.9 Å². The highest BCUT2D eigenvalue weighted by molar-refractivity contribution is 5.82. The molecule has 2 N–H and O–H groups in total. The molecule has 0 bridgehead atoms. The average molecular weight is 268 g/mol. The number of hydrogen-bond donors (Lipinski definition) is 1. The van der Waals surface area contributed by atoms with Gasteiger partial charge in [-0.15, -0.1) is 0 Å². The molecule has 0 atom stereocenters. The van der Waals surface area contributed by atoms with Crippen LogP contribution in [0.1, 0.15) is 12.5 Å². The fourth-order valence-electron chi connectivity index (χ4n) is 2.21. The molecule has 0 amide bonds. The number of nitrogens with zero attached hydrogens (tertiary/aromatic N) is 1. The SMILES string of the molecule is CCOc1ccc(-c2nc3cc(N)cc(C)c3o2)cc1. The van der Waals surface area contributed by atoms with Gasteiger partial charge in [-0.2, -0.15) is 0 Å². The van der Waals surface area contributed by atoms with Crippen molar-refractivity contribution in [2.24, 2.45) is 0 Å². The lowest BCUT2D eigenvalue weighted by atomic mass is 10.2. The Morgan fingerprint density at radius 2 is 1.95 bits per heavy atom. The summed E-state index contributed by atoms with van der Waals surface area (Å²) in [5.74, 6) is 1.43. The maximum absolute atomic E-state index is 5.83. The minimum Gasteiger partial charge on any atom is -0.494 e. The fourth-order valence-corrected chi connectivity index (χ4v) is 2.21. The summed E-state index contributed by atoms with van der Waals surface area (Å²) in [6, 6.07) is 11.4. The Kier molecular flexibility index (Phi) is 3.06. The van der Waals surface area contributed by atoms with Gasteiger partial charge in [0.2, 0.25) is 5.89 Å². The summed E-state index contributed by atoms with van der Waals surface area (Å²) in [7, 11) is 0. The molecule has 0 fully saturated rings. The van der Waals surface area contributed by atoms with Gasteiger partial charge in [-0.3, -0.25) is 0 Å². The van der Waals surface area contributed by atoms with Gasteiger partial charge in [0.25, 0.3) is 0 Å². The third-order valence-electron chi connectivity index (χ3n) is 3.11. The van der Waals surface area contributed by atoms with Gasteiger partial charge in [-0.1, -0.05) is 0 Å². The largest absolute Gasteiger partial charge is 0.494 e. The zero-order valence-electron chi connectivity index (χ0n) is 11.5. The van der Waals surface area contributed by atoms with Gasteiger partial charge in [0.05, 0.1) is 6.61 Å². The van der Waals surface area contributed by atoms with Crippen LogP contribution >= 0.6 is 0 Å². The summed E-state index contributed by atoms with van der Waals surface area (Å²) < 4.78 is 11.3. The summed E-state index contributed by atoms with van der Waals surface area (Å²) in [5.41, 5.74) is 10.00. The Bertz CT molecular complexity index is 745. The molecule has 1 heterocycles. The average Bonchev–Trinajstić information content (AvgIpc) is 2.84. The number of hydrogen-bond acceptors (Lipinski definition) is 4. The van der Waals surface area contributed by atoms with Gasteiger partial charge >= 0.3 is 0 Å². The molecule has 4 nitrogen and oxygen atoms in total. The van der Waals surface area contributed by atoms with Gasteiger partial charge in [-0.25, -0.2) is 4.98 Å². The highest BCUT2D eigenvalue weighted by Crippen LogP contribution is 2.29. The summed E-state index contributed by atoms with van der Waals surface area (Å²) in [6.07, 6.45) is 0. The lowest BCUT2D eigenvalue weighted by Crippen LogP contribution is -1.90. The number of nitrogens with two attached hydrogens (primary N) is 1. The third kappa shape index (κ3) is 2.20. The molecule has 0 aliphatic rings. The number of oxazole rings is 1. The molecule has 1 aromatic heterocycles. The van der Waals surface area contributed by atoms with Gasteiger partial charge in [0.15, 0.2) is 5.58 Å². The molecule has 0 aliphatic heterocycles. The molecular formula is C16H16N2O2. The van der Waals surface area contributed by atoms with Crippen molar-refractivity contribution in [3.8, 4) is 17.2 Å². The monoisotopic (exact) mass is 268 g/mol. The third-order valence-corrected chi connectivity index (χ3v) is 3.11. The molecule has 2 aromatic carbocycles. The smallest absolute Gasteiger partial charge is 0.227 e. The van der Waals surface area contributed by atoms with E-state index in [0.29, 0.717) is 18.2 Å². The van der Waals surface area contributed by atoms with E-state index >= 15 is 0 Å². The highest BCUT2D eigenvalue weighted by Gasteiger charge is 2.10. The van der Waals surface area contributed by atoms with Crippen LogP contribution in [0, 0.1) is 6.92 Å². The first-order valence-electron chi connectivity index (χ1n) is 6.57. The standard InChI is InChI=1S/C16H16N2O2/c1-3-19-13-6-4-11(5-7-13)16-18-14-9-12(17)8-10(2)15(14)20-16/h4-9H,3,17H2,1-2H3. The molecule has 0 aliphatic carbocycles. The van der Waals surface area contributed by atoms with Crippen molar-refractivity contribution in [2.45, 2.75) is 13.8 Å². The second-order valence-corrected chi connectivity index (χ2v) is 4.66. The lowest BCUT2D eigenvalue weighted by molar-refractivity contribution is 0.340. The molecule has 0 radical (unpaired) electrons. The molecule has 4 heteroatoms. The number of nitrogen functional groups attached to an aromatic ring is 1. The van der Waals surface area contributed by atoms with E-state index in [1.807, 2.05) is 50.2 Å². The van der Waals surface area contributed by atoms with Crippen molar-refractivity contribution < 1.29 is 9.15 Å². The van der Waals surface area contributed by atoms with Gasteiger partial charge in [0, 0.05) is 11.3 Å². The Morgan fingerprint density at radius 3 is 2.65 bits per heavy atom. The molecule has 20 heavy (non-hydrogen) atoms. The summed E-state index contributed by atoms with van der Waals surface area (Å²) in [6.45, 7) is 4.58. The number of fused-ring (bicyclic) bond motifs is 1. The first-order chi connectivity index (χ1) is 9.67. The van der Waals surface area contributed by atoms with Crippen LogP contribution < -0.4 is 10.5 Å². The van der Waals surface area contributed by atoms with E-state index < -0.39 is 0 Å². The van der Waals surface area contributed by atoms with E-state index in [2.05, 4.69) is 4.98 Å². The maximum Gasteiger partial charge on any atom is 0.227 e. The Morgan fingerprint density at radius 1 is 1.20 bits per heavy atom. The molecule has 102 valence electrons. The van der Waals surface area contributed by atoms with E-state index in [1.54, 1.807) is 0 Å². The Labute approximate surface area is 117 Å². The minimum absolute atomic E-state index is 0.594. The first kappa shape index (κ1) is 12.5. The summed E-state index contributed by atoms with van der Waals surface area (Å²) >= 11 is 0. The van der Waals surface area contributed by atoms with Crippen LogP contribution in [0.25, 0.3) is 22.6 Å². The summed E-state index contributed by atoms with van der Waals surface area (Å²) in [4.78, 5) is 4.49. The second kappa shape index (κ2) is 4.89. The zero-order chi connectivity index (χ0) is 14.1. The lowest BCUT2D eigenvalue weighted by Gasteiger charge is -2.02. The van der Waals surface area contributed by atoms with E-state index in [-0.39, 0.29) is 0 Å². The maximum atomic E-state index is 5.83. The number of ether oxygens (including phenoxy) is 1. The quantitative estimate of drug-likeness (QED) is 0.734. The molecule has 0 saturated heterocycles. The second-order valence-electron chi connectivity index (χ2n) is 4.66. The van der Waals surface area contributed by atoms with Crippen LogP contribution in [0.15, 0.2) is 40.8 Å². The van der Waals surface area contributed by atoms with Crippen molar-refractivity contribution in [3.05, 3.63) is 42.0 Å². The normalized spacial score (nSPS) is 10.9. The number of benzene rings is 2. The molecule has 3 aromatic rings. The predicted molar refractivity (Wildman–Crippen MR) is 79.8 cm³/mol. The Balaban J connectivity index is 2.03. The van der Waals surface area contributed by atoms with Crippen molar-refractivity contribution >= 4 is 16.8 Å². The van der Waals surface area contributed by atoms with Crippen LogP contribution in [-0.2, 0) is 0 Å². The highest BCUT2D eigenvalue weighted by atomic mass is 16.5. The van der Waals surface area contributed by atoms with Gasteiger partial charge in [-0.05, 0) is 55.8 Å². The van der Waals surface area contributed by atoms with E-state index in [1.165, 1.54) is 0 Å². The minimum atomic E-state index is 0.594. The molecule has 0 spiro atoms.